The van der Waals surface area contributed by atoms with E-state index in [1.165, 1.54) is 6.42 Å². The number of likely N-dealkylation sites (tertiary alicyclic amines) is 1. The molecule has 0 aromatic carbocycles. The molecule has 21 heavy (non-hydrogen) atoms. The number of rotatable bonds is 3. The molecular weight excluding hydrogens is 284 g/mol. The summed E-state index contributed by atoms with van der Waals surface area (Å²) < 4.78 is 27.7. The van der Waals surface area contributed by atoms with Gasteiger partial charge >= 0.3 is 0 Å². The standard InChI is InChI=1S/C16H32N2O2S/c1-6-14-7-10-18(13(2)11-14)21(19,20)15-8-9-17(12-15)16(3,4)5/h13-15H,6-12H2,1-5H3. The van der Waals surface area contributed by atoms with Gasteiger partial charge in [0.1, 0.15) is 0 Å². The zero-order valence-electron chi connectivity index (χ0n) is 14.3. The molecule has 0 radical (unpaired) electrons. The zero-order chi connectivity index (χ0) is 15.8. The topological polar surface area (TPSA) is 40.6 Å². The van der Waals surface area contributed by atoms with Crippen LogP contribution in [0.15, 0.2) is 0 Å². The van der Waals surface area contributed by atoms with Crippen molar-refractivity contribution in [3.63, 3.8) is 0 Å². The van der Waals surface area contributed by atoms with Gasteiger partial charge in [-0.15, -0.1) is 0 Å². The van der Waals surface area contributed by atoms with E-state index in [1.807, 2.05) is 0 Å². The maximum absolute atomic E-state index is 13.0. The van der Waals surface area contributed by atoms with Crippen LogP contribution >= 0.6 is 0 Å². The summed E-state index contributed by atoms with van der Waals surface area (Å²) in [5, 5.41) is -0.211. The Kier molecular flexibility index (Phi) is 5.06. The van der Waals surface area contributed by atoms with E-state index in [9.17, 15) is 8.42 Å². The van der Waals surface area contributed by atoms with E-state index < -0.39 is 10.0 Å². The highest BCUT2D eigenvalue weighted by molar-refractivity contribution is 7.89. The Morgan fingerprint density at radius 3 is 2.29 bits per heavy atom. The van der Waals surface area contributed by atoms with Gasteiger partial charge in [0.2, 0.25) is 10.0 Å². The molecule has 0 bridgehead atoms. The first-order valence-corrected chi connectivity index (χ1v) is 9.92. The normalized spacial score (nSPS) is 33.5. The molecular formula is C16H32N2O2S. The monoisotopic (exact) mass is 316 g/mol. The van der Waals surface area contributed by atoms with Crippen LogP contribution in [-0.2, 0) is 10.0 Å². The molecule has 0 aliphatic carbocycles. The van der Waals surface area contributed by atoms with Crippen LogP contribution < -0.4 is 0 Å². The second-order valence-corrected chi connectivity index (χ2v) is 10.00. The van der Waals surface area contributed by atoms with E-state index in [2.05, 4.69) is 39.5 Å². The lowest BCUT2D eigenvalue weighted by Crippen LogP contribution is -2.49. The van der Waals surface area contributed by atoms with Gasteiger partial charge in [0.15, 0.2) is 0 Å². The number of piperidine rings is 1. The largest absolute Gasteiger partial charge is 0.297 e. The van der Waals surface area contributed by atoms with Gasteiger partial charge in [-0.05, 0) is 52.9 Å². The highest BCUT2D eigenvalue weighted by atomic mass is 32.2. The molecule has 4 nitrogen and oxygen atoms in total. The van der Waals surface area contributed by atoms with Crippen molar-refractivity contribution in [2.24, 2.45) is 5.92 Å². The van der Waals surface area contributed by atoms with Crippen LogP contribution in [0, 0.1) is 5.92 Å². The third kappa shape index (κ3) is 3.62. The number of hydrogen-bond donors (Lipinski definition) is 0. The second-order valence-electron chi connectivity index (χ2n) is 7.83. The predicted molar refractivity (Wildman–Crippen MR) is 87.8 cm³/mol. The maximum atomic E-state index is 13.0. The Hall–Kier alpha value is -0.130. The summed E-state index contributed by atoms with van der Waals surface area (Å²) in [5.41, 5.74) is 0.0606. The van der Waals surface area contributed by atoms with Crippen molar-refractivity contribution in [1.29, 1.82) is 0 Å². The van der Waals surface area contributed by atoms with Crippen LogP contribution in [-0.4, -0.2) is 54.1 Å². The van der Waals surface area contributed by atoms with E-state index in [0.717, 1.165) is 25.8 Å². The molecule has 2 rings (SSSR count). The Morgan fingerprint density at radius 2 is 1.81 bits per heavy atom. The van der Waals surface area contributed by atoms with Gasteiger partial charge in [-0.25, -0.2) is 8.42 Å². The van der Waals surface area contributed by atoms with Crippen molar-refractivity contribution >= 4 is 10.0 Å². The fourth-order valence-corrected chi connectivity index (χ4v) is 5.87. The van der Waals surface area contributed by atoms with Gasteiger partial charge < -0.3 is 0 Å². The Bertz CT molecular complexity index is 455. The predicted octanol–water partition coefficient (Wildman–Crippen LogP) is 2.70. The summed E-state index contributed by atoms with van der Waals surface area (Å²) in [6, 6.07) is 0.164. The van der Waals surface area contributed by atoms with Gasteiger partial charge in [0, 0.05) is 31.2 Å². The van der Waals surface area contributed by atoms with Crippen LogP contribution in [0.2, 0.25) is 0 Å². The zero-order valence-corrected chi connectivity index (χ0v) is 15.1. The molecule has 2 fully saturated rings. The molecule has 2 saturated heterocycles. The molecule has 124 valence electrons. The molecule has 5 heteroatoms. The molecule has 0 saturated carbocycles. The summed E-state index contributed by atoms with van der Waals surface area (Å²) in [4.78, 5) is 2.30. The minimum atomic E-state index is -3.14. The third-order valence-corrected chi connectivity index (χ3v) is 7.77. The molecule has 0 aromatic heterocycles. The summed E-state index contributed by atoms with van der Waals surface area (Å²) >= 11 is 0. The Labute approximate surface area is 130 Å². The van der Waals surface area contributed by atoms with Crippen molar-refractivity contribution in [2.75, 3.05) is 19.6 Å². The van der Waals surface area contributed by atoms with Gasteiger partial charge in [-0.1, -0.05) is 13.3 Å². The SMILES string of the molecule is CCC1CCN(S(=O)(=O)C2CCN(C(C)(C)C)C2)C(C)C1. The van der Waals surface area contributed by atoms with Crippen LogP contribution in [0.1, 0.15) is 60.3 Å². The van der Waals surface area contributed by atoms with Crippen molar-refractivity contribution in [3.05, 3.63) is 0 Å². The van der Waals surface area contributed by atoms with E-state index >= 15 is 0 Å². The molecule has 3 atom stereocenters. The van der Waals surface area contributed by atoms with Crippen LogP contribution in [0.4, 0.5) is 0 Å². The Balaban J connectivity index is 2.06. The highest BCUT2D eigenvalue weighted by Crippen LogP contribution is 2.32. The van der Waals surface area contributed by atoms with Crippen LogP contribution in [0.25, 0.3) is 0 Å². The number of hydrogen-bond acceptors (Lipinski definition) is 3. The molecule has 0 aromatic rings. The second kappa shape index (κ2) is 6.17. The van der Waals surface area contributed by atoms with Crippen LogP contribution in [0.3, 0.4) is 0 Å². The lowest BCUT2D eigenvalue weighted by atomic mass is 9.91. The molecule has 2 aliphatic heterocycles. The van der Waals surface area contributed by atoms with Gasteiger partial charge in [0.05, 0.1) is 5.25 Å². The molecule has 0 spiro atoms. The highest BCUT2D eigenvalue weighted by Gasteiger charge is 2.42. The number of nitrogens with zero attached hydrogens (tertiary/aromatic N) is 2. The van der Waals surface area contributed by atoms with E-state index in [1.54, 1.807) is 4.31 Å². The lowest BCUT2D eigenvalue weighted by Gasteiger charge is -2.38. The number of sulfonamides is 1. The van der Waals surface area contributed by atoms with Crippen molar-refractivity contribution in [2.45, 2.75) is 77.1 Å². The molecule has 0 amide bonds. The fourth-order valence-electron chi connectivity index (χ4n) is 3.77. The molecule has 2 heterocycles. The van der Waals surface area contributed by atoms with Crippen LogP contribution in [0.5, 0.6) is 0 Å². The minimum Gasteiger partial charge on any atom is -0.297 e. The van der Waals surface area contributed by atoms with E-state index in [0.29, 0.717) is 19.0 Å². The molecule has 0 N–H and O–H groups in total. The third-order valence-electron chi connectivity index (χ3n) is 5.34. The first-order valence-electron chi connectivity index (χ1n) is 8.42. The molecule has 3 unspecified atom stereocenters. The van der Waals surface area contributed by atoms with Gasteiger partial charge in [-0.2, -0.15) is 4.31 Å². The average molecular weight is 317 g/mol. The van der Waals surface area contributed by atoms with Gasteiger partial charge in [-0.3, -0.25) is 4.90 Å². The average Bonchev–Trinajstić information content (AvgIpc) is 2.88. The lowest BCUT2D eigenvalue weighted by molar-refractivity contribution is 0.173. The maximum Gasteiger partial charge on any atom is 0.218 e. The fraction of sp³-hybridized carbons (Fsp3) is 1.00. The summed E-state index contributed by atoms with van der Waals surface area (Å²) in [6.07, 6.45) is 3.99. The van der Waals surface area contributed by atoms with Gasteiger partial charge in [0.25, 0.3) is 0 Å². The Morgan fingerprint density at radius 1 is 1.14 bits per heavy atom. The van der Waals surface area contributed by atoms with Crippen molar-refractivity contribution in [1.82, 2.24) is 9.21 Å². The van der Waals surface area contributed by atoms with E-state index in [-0.39, 0.29) is 16.8 Å². The first-order chi connectivity index (χ1) is 9.66. The quantitative estimate of drug-likeness (QED) is 0.804. The molecule has 2 aliphatic rings. The van der Waals surface area contributed by atoms with Crippen molar-refractivity contribution < 1.29 is 8.42 Å². The summed E-state index contributed by atoms with van der Waals surface area (Å²) in [5.74, 6) is 0.695. The first kappa shape index (κ1) is 17.2. The van der Waals surface area contributed by atoms with E-state index in [4.69, 9.17) is 0 Å². The van der Waals surface area contributed by atoms with Crippen molar-refractivity contribution in [3.8, 4) is 0 Å². The summed E-state index contributed by atoms with van der Waals surface area (Å²) in [6.45, 7) is 13.1. The smallest absolute Gasteiger partial charge is 0.218 e. The minimum absolute atomic E-state index is 0.0606. The summed E-state index contributed by atoms with van der Waals surface area (Å²) in [7, 11) is -3.14.